The molecule has 0 spiro atoms. The molecule has 1 atom stereocenters. The molecule has 0 amide bonds. The largest absolute Gasteiger partial charge is 0.310 e. The van der Waals surface area contributed by atoms with Gasteiger partial charge in [0.25, 0.3) is 0 Å². The van der Waals surface area contributed by atoms with E-state index in [1.165, 1.54) is 83.6 Å². The molecule has 9 aromatic rings. The molecule has 60 heavy (non-hydrogen) atoms. The molecular weight excluding hydrogens is 723 g/mol. The Bertz CT molecular complexity index is 2890. The van der Waals surface area contributed by atoms with Crippen LogP contribution in [0.2, 0.25) is 0 Å². The standard InChI is InChI=1S/C59H45N/c1-2-53-58-38-43(30-35-55(58)56-37-34-52(41-59(53)56)60(50-22-11-5-12-23-50)51-24-13-6-14-25-51)27-26-42-28-31-46(32-29-42)57-40-48(45-18-9-4-10-19-45)33-36-54(57)49-21-15-20-47(39-49)44-16-7-3-8-17-44/h3-41,53H,2H2,1H3/b27-26+. The Kier molecular flexibility index (Phi) is 10.1. The third kappa shape index (κ3) is 7.27. The first-order valence-corrected chi connectivity index (χ1v) is 21.0. The number of hydrogen-bond donors (Lipinski definition) is 0. The molecule has 0 bridgehead atoms. The van der Waals surface area contributed by atoms with E-state index in [1.54, 1.807) is 0 Å². The molecule has 286 valence electrons. The van der Waals surface area contributed by atoms with E-state index >= 15 is 0 Å². The number of benzene rings is 9. The summed E-state index contributed by atoms with van der Waals surface area (Å²) in [5, 5.41) is 0. The Labute approximate surface area is 354 Å². The fourth-order valence-electron chi connectivity index (χ4n) is 8.96. The van der Waals surface area contributed by atoms with Gasteiger partial charge in [-0.2, -0.15) is 0 Å². The molecule has 0 saturated carbocycles. The maximum atomic E-state index is 2.42. The first-order valence-electron chi connectivity index (χ1n) is 21.0. The molecule has 1 nitrogen and oxygen atoms in total. The van der Waals surface area contributed by atoms with Crippen LogP contribution in [0, 0.1) is 0 Å². The van der Waals surface area contributed by atoms with Gasteiger partial charge in [0.05, 0.1) is 0 Å². The molecule has 1 heteroatoms. The number of rotatable bonds is 10. The van der Waals surface area contributed by atoms with E-state index in [2.05, 4.69) is 248 Å². The van der Waals surface area contributed by atoms with E-state index in [4.69, 9.17) is 0 Å². The molecule has 0 heterocycles. The Morgan fingerprint density at radius 3 is 1.45 bits per heavy atom. The van der Waals surface area contributed by atoms with Crippen LogP contribution in [0.25, 0.3) is 67.8 Å². The van der Waals surface area contributed by atoms with E-state index in [0.717, 1.165) is 17.8 Å². The average molecular weight is 768 g/mol. The molecule has 1 unspecified atom stereocenters. The number of nitrogens with zero attached hydrogens (tertiary/aromatic N) is 1. The average Bonchev–Trinajstić information content (AvgIpc) is 3.64. The van der Waals surface area contributed by atoms with Crippen LogP contribution >= 0.6 is 0 Å². The molecule has 9 aromatic carbocycles. The van der Waals surface area contributed by atoms with E-state index in [1.807, 2.05) is 0 Å². The minimum absolute atomic E-state index is 0.338. The number of para-hydroxylation sites is 2. The third-order valence-corrected chi connectivity index (χ3v) is 11.9. The van der Waals surface area contributed by atoms with Gasteiger partial charge in [-0.15, -0.1) is 0 Å². The molecule has 1 aliphatic rings. The lowest BCUT2D eigenvalue weighted by Gasteiger charge is -2.26. The van der Waals surface area contributed by atoms with Gasteiger partial charge in [0.15, 0.2) is 0 Å². The zero-order chi connectivity index (χ0) is 40.3. The fourth-order valence-corrected chi connectivity index (χ4v) is 8.96. The van der Waals surface area contributed by atoms with E-state index in [-0.39, 0.29) is 0 Å². The van der Waals surface area contributed by atoms with Crippen molar-refractivity contribution in [2.45, 2.75) is 19.3 Å². The predicted octanol–water partition coefficient (Wildman–Crippen LogP) is 16.5. The molecule has 0 aromatic heterocycles. The number of fused-ring (bicyclic) bond motifs is 3. The lowest BCUT2D eigenvalue weighted by Crippen LogP contribution is -2.10. The highest BCUT2D eigenvalue weighted by atomic mass is 15.1. The maximum absolute atomic E-state index is 2.42. The molecule has 1 aliphatic carbocycles. The minimum atomic E-state index is 0.338. The van der Waals surface area contributed by atoms with Gasteiger partial charge in [0, 0.05) is 23.0 Å². The smallest absolute Gasteiger partial charge is 0.0465 e. The predicted molar refractivity (Wildman–Crippen MR) is 256 cm³/mol. The van der Waals surface area contributed by atoms with Gasteiger partial charge in [-0.05, 0) is 133 Å². The summed E-state index contributed by atoms with van der Waals surface area (Å²) in [6.45, 7) is 2.31. The van der Waals surface area contributed by atoms with Crippen molar-refractivity contribution in [1.82, 2.24) is 0 Å². The van der Waals surface area contributed by atoms with Crippen LogP contribution < -0.4 is 4.90 Å². The molecule has 0 fully saturated rings. The molecule has 0 aliphatic heterocycles. The Hall–Kier alpha value is -7.48. The normalized spacial score (nSPS) is 12.9. The van der Waals surface area contributed by atoms with Gasteiger partial charge in [-0.1, -0.05) is 195 Å². The summed E-state index contributed by atoms with van der Waals surface area (Å²) < 4.78 is 0. The van der Waals surface area contributed by atoms with Crippen molar-refractivity contribution in [2.24, 2.45) is 0 Å². The fraction of sp³-hybridized carbons (Fsp3) is 0.0508. The lowest BCUT2D eigenvalue weighted by molar-refractivity contribution is 0.797. The van der Waals surface area contributed by atoms with Crippen LogP contribution in [-0.2, 0) is 0 Å². The minimum Gasteiger partial charge on any atom is -0.310 e. The van der Waals surface area contributed by atoms with E-state index in [0.29, 0.717) is 5.92 Å². The highest BCUT2D eigenvalue weighted by Crippen LogP contribution is 2.49. The van der Waals surface area contributed by atoms with Crippen LogP contribution in [0.15, 0.2) is 224 Å². The second-order valence-electron chi connectivity index (χ2n) is 15.6. The van der Waals surface area contributed by atoms with Crippen LogP contribution in [0.1, 0.15) is 41.5 Å². The van der Waals surface area contributed by atoms with E-state index < -0.39 is 0 Å². The van der Waals surface area contributed by atoms with Gasteiger partial charge in [0.1, 0.15) is 0 Å². The zero-order valence-corrected chi connectivity index (χ0v) is 33.7. The Morgan fingerprint density at radius 2 is 0.817 bits per heavy atom. The highest BCUT2D eigenvalue weighted by molar-refractivity contribution is 5.90. The topological polar surface area (TPSA) is 3.24 Å². The molecule has 10 rings (SSSR count). The highest BCUT2D eigenvalue weighted by Gasteiger charge is 2.29. The van der Waals surface area contributed by atoms with Crippen molar-refractivity contribution < 1.29 is 0 Å². The zero-order valence-electron chi connectivity index (χ0n) is 33.7. The second kappa shape index (κ2) is 16.4. The van der Waals surface area contributed by atoms with Crippen LogP contribution in [0.4, 0.5) is 17.1 Å². The van der Waals surface area contributed by atoms with Gasteiger partial charge in [0.2, 0.25) is 0 Å². The first kappa shape index (κ1) is 36.8. The molecular formula is C59H45N. The SMILES string of the molecule is CCC1c2cc(/C=C/c3ccc(-c4cc(-c5ccccc5)ccc4-c4cccc(-c5ccccc5)c4)cc3)ccc2-c2ccc(N(c3ccccc3)c3ccccc3)cc21. The van der Waals surface area contributed by atoms with Crippen molar-refractivity contribution in [1.29, 1.82) is 0 Å². The van der Waals surface area contributed by atoms with Crippen molar-refractivity contribution in [2.75, 3.05) is 4.90 Å². The summed E-state index contributed by atoms with van der Waals surface area (Å²) in [5.74, 6) is 0.338. The monoisotopic (exact) mass is 767 g/mol. The Morgan fingerprint density at radius 1 is 0.333 bits per heavy atom. The van der Waals surface area contributed by atoms with Crippen molar-refractivity contribution in [3.63, 3.8) is 0 Å². The molecule has 0 radical (unpaired) electrons. The summed E-state index contributed by atoms with van der Waals surface area (Å²) in [7, 11) is 0. The van der Waals surface area contributed by atoms with Gasteiger partial charge < -0.3 is 4.90 Å². The van der Waals surface area contributed by atoms with Crippen molar-refractivity contribution >= 4 is 29.2 Å². The van der Waals surface area contributed by atoms with Gasteiger partial charge in [-0.3, -0.25) is 0 Å². The Balaban J connectivity index is 0.941. The summed E-state index contributed by atoms with van der Waals surface area (Å²) in [4.78, 5) is 2.36. The summed E-state index contributed by atoms with van der Waals surface area (Å²) in [5.41, 5.74) is 21.1. The third-order valence-electron chi connectivity index (χ3n) is 11.9. The van der Waals surface area contributed by atoms with Crippen LogP contribution in [0.5, 0.6) is 0 Å². The first-order chi connectivity index (χ1) is 29.7. The number of hydrogen-bond acceptors (Lipinski definition) is 1. The molecule has 0 saturated heterocycles. The molecule has 0 N–H and O–H groups in total. The van der Waals surface area contributed by atoms with Gasteiger partial charge >= 0.3 is 0 Å². The van der Waals surface area contributed by atoms with Crippen molar-refractivity contribution in [3.8, 4) is 55.6 Å². The number of anilines is 3. The summed E-state index contributed by atoms with van der Waals surface area (Å²) in [6.07, 6.45) is 5.55. The van der Waals surface area contributed by atoms with Crippen LogP contribution in [-0.4, -0.2) is 0 Å². The lowest BCUT2D eigenvalue weighted by atomic mass is 9.89. The summed E-state index contributed by atoms with van der Waals surface area (Å²) in [6, 6.07) is 81.5. The van der Waals surface area contributed by atoms with Crippen LogP contribution in [0.3, 0.4) is 0 Å². The van der Waals surface area contributed by atoms with Gasteiger partial charge in [-0.25, -0.2) is 0 Å². The second-order valence-corrected chi connectivity index (χ2v) is 15.6. The maximum Gasteiger partial charge on any atom is 0.0465 e. The van der Waals surface area contributed by atoms with E-state index in [9.17, 15) is 0 Å². The summed E-state index contributed by atoms with van der Waals surface area (Å²) >= 11 is 0. The van der Waals surface area contributed by atoms with Crippen molar-refractivity contribution in [3.05, 3.63) is 247 Å². The quantitative estimate of drug-likeness (QED) is 0.125.